The van der Waals surface area contributed by atoms with Crippen LogP contribution in [0.25, 0.3) is 0 Å². The molecule has 1 aromatic heterocycles. The van der Waals surface area contributed by atoms with Crippen LogP contribution in [0.5, 0.6) is 17.4 Å². The molecule has 1 aromatic carbocycles. The lowest BCUT2D eigenvalue weighted by Crippen LogP contribution is -2.29. The topological polar surface area (TPSA) is 64.1 Å². The predicted octanol–water partition coefficient (Wildman–Crippen LogP) is 2.37. The van der Waals surface area contributed by atoms with Crippen molar-refractivity contribution in [3.8, 4) is 17.4 Å². The number of hydrogen-bond donors (Lipinski definition) is 0. The summed E-state index contributed by atoms with van der Waals surface area (Å²) in [4.78, 5) is 18.5. The van der Waals surface area contributed by atoms with Gasteiger partial charge in [0.15, 0.2) is 5.82 Å². The van der Waals surface area contributed by atoms with Gasteiger partial charge >= 0.3 is 0 Å². The van der Waals surface area contributed by atoms with Crippen molar-refractivity contribution in [3.05, 3.63) is 36.3 Å². The SMILES string of the molecule is COc1ncc(N2CCOc3ccc(O[C@H]4CCN(C=O)C4)cc32)cc1F. The van der Waals surface area contributed by atoms with Gasteiger partial charge in [0.1, 0.15) is 24.2 Å². The minimum Gasteiger partial charge on any atom is -0.490 e. The van der Waals surface area contributed by atoms with Crippen LogP contribution in [0.1, 0.15) is 6.42 Å². The molecule has 0 aliphatic carbocycles. The van der Waals surface area contributed by atoms with Crippen molar-refractivity contribution in [2.45, 2.75) is 12.5 Å². The largest absolute Gasteiger partial charge is 0.490 e. The van der Waals surface area contributed by atoms with Crippen molar-refractivity contribution in [3.63, 3.8) is 0 Å². The van der Waals surface area contributed by atoms with Crippen LogP contribution >= 0.6 is 0 Å². The number of nitrogens with zero attached hydrogens (tertiary/aromatic N) is 3. The van der Waals surface area contributed by atoms with E-state index in [1.165, 1.54) is 13.2 Å². The molecule has 2 aliphatic heterocycles. The third-order valence-electron chi connectivity index (χ3n) is 4.72. The van der Waals surface area contributed by atoms with E-state index in [0.717, 1.165) is 18.5 Å². The number of amides is 1. The van der Waals surface area contributed by atoms with Gasteiger partial charge in [-0.15, -0.1) is 0 Å². The molecule has 0 N–H and O–H groups in total. The fraction of sp³-hybridized carbons (Fsp3) is 0.368. The van der Waals surface area contributed by atoms with Gasteiger partial charge in [0.05, 0.1) is 37.8 Å². The first-order chi connectivity index (χ1) is 13.2. The molecule has 0 unspecified atom stereocenters. The van der Waals surface area contributed by atoms with Gasteiger partial charge in [-0.05, 0) is 12.1 Å². The Hall–Kier alpha value is -3.03. The van der Waals surface area contributed by atoms with E-state index in [4.69, 9.17) is 14.2 Å². The average molecular weight is 373 g/mol. The second-order valence-corrected chi connectivity index (χ2v) is 6.44. The third kappa shape index (κ3) is 3.47. The lowest BCUT2D eigenvalue weighted by molar-refractivity contribution is -0.117. The molecule has 1 amide bonds. The Kier molecular flexibility index (Phi) is 4.70. The maximum atomic E-state index is 14.1. The summed E-state index contributed by atoms with van der Waals surface area (Å²) in [5, 5.41) is 0. The number of fused-ring (bicyclic) bond motifs is 1. The summed E-state index contributed by atoms with van der Waals surface area (Å²) < 4.78 is 30.7. The van der Waals surface area contributed by atoms with Crippen molar-refractivity contribution < 1.29 is 23.4 Å². The van der Waals surface area contributed by atoms with E-state index < -0.39 is 5.82 Å². The van der Waals surface area contributed by atoms with Gasteiger partial charge in [-0.2, -0.15) is 0 Å². The summed E-state index contributed by atoms with van der Waals surface area (Å²) in [6, 6.07) is 6.96. The molecule has 2 aliphatic rings. The number of anilines is 2. The van der Waals surface area contributed by atoms with E-state index in [1.54, 1.807) is 11.1 Å². The molecule has 3 heterocycles. The van der Waals surface area contributed by atoms with Crippen LogP contribution in [0.15, 0.2) is 30.5 Å². The molecule has 1 atom stereocenters. The highest BCUT2D eigenvalue weighted by Crippen LogP contribution is 2.39. The number of pyridine rings is 1. The van der Waals surface area contributed by atoms with Gasteiger partial charge in [0.2, 0.25) is 12.3 Å². The van der Waals surface area contributed by atoms with Crippen LogP contribution in [-0.2, 0) is 4.79 Å². The summed E-state index contributed by atoms with van der Waals surface area (Å²) in [6.45, 7) is 2.32. The minimum atomic E-state index is -0.518. The lowest BCUT2D eigenvalue weighted by atomic mass is 10.2. The molecule has 7 nitrogen and oxygen atoms in total. The van der Waals surface area contributed by atoms with Crippen LogP contribution in [-0.4, -0.2) is 55.7 Å². The Labute approximate surface area is 156 Å². The Bertz CT molecular complexity index is 848. The number of carbonyl (C=O) groups excluding carboxylic acids is 1. The number of carbonyl (C=O) groups is 1. The van der Waals surface area contributed by atoms with Gasteiger partial charge in [-0.1, -0.05) is 0 Å². The summed E-state index contributed by atoms with van der Waals surface area (Å²) in [5.74, 6) is 0.829. The summed E-state index contributed by atoms with van der Waals surface area (Å²) >= 11 is 0. The van der Waals surface area contributed by atoms with E-state index in [2.05, 4.69) is 4.98 Å². The van der Waals surface area contributed by atoms with Gasteiger partial charge in [-0.25, -0.2) is 9.37 Å². The standard InChI is InChI=1S/C19H20FN3O4/c1-25-19-16(20)8-13(10-21-19)23-6-7-26-18-3-2-14(9-17(18)23)27-15-4-5-22(11-15)12-24/h2-3,8-10,12,15H,4-7,11H2,1H3/t15-/m0/s1. The summed E-state index contributed by atoms with van der Waals surface area (Å²) in [6.07, 6.45) is 3.18. The quantitative estimate of drug-likeness (QED) is 0.750. The van der Waals surface area contributed by atoms with E-state index in [9.17, 15) is 9.18 Å². The first-order valence-electron chi connectivity index (χ1n) is 8.78. The molecular formula is C19H20FN3O4. The molecule has 27 heavy (non-hydrogen) atoms. The second-order valence-electron chi connectivity index (χ2n) is 6.44. The number of likely N-dealkylation sites (tertiary alicyclic amines) is 1. The Morgan fingerprint density at radius 2 is 2.22 bits per heavy atom. The normalized spacial score (nSPS) is 18.7. The third-order valence-corrected chi connectivity index (χ3v) is 4.72. The number of aromatic nitrogens is 1. The van der Waals surface area contributed by atoms with Crippen molar-refractivity contribution in [2.75, 3.05) is 38.3 Å². The Balaban J connectivity index is 1.59. The number of benzene rings is 1. The van der Waals surface area contributed by atoms with Crippen LogP contribution in [0, 0.1) is 5.82 Å². The molecule has 0 spiro atoms. The number of ether oxygens (including phenoxy) is 3. The van der Waals surface area contributed by atoms with Crippen molar-refractivity contribution in [1.29, 1.82) is 0 Å². The molecule has 8 heteroatoms. The number of hydrogen-bond acceptors (Lipinski definition) is 6. The van der Waals surface area contributed by atoms with Gasteiger partial charge in [0.25, 0.3) is 0 Å². The predicted molar refractivity (Wildman–Crippen MR) is 96.4 cm³/mol. The molecule has 142 valence electrons. The fourth-order valence-corrected chi connectivity index (χ4v) is 3.39. The summed E-state index contributed by atoms with van der Waals surface area (Å²) in [7, 11) is 1.38. The van der Waals surface area contributed by atoms with Crippen LogP contribution < -0.4 is 19.1 Å². The first-order valence-corrected chi connectivity index (χ1v) is 8.78. The highest BCUT2D eigenvalue weighted by Gasteiger charge is 2.25. The number of methoxy groups -OCH3 is 1. The zero-order valence-electron chi connectivity index (χ0n) is 14.9. The van der Waals surface area contributed by atoms with Crippen LogP contribution in [0.4, 0.5) is 15.8 Å². The first kappa shape index (κ1) is 17.4. The van der Waals surface area contributed by atoms with Gasteiger partial charge in [0, 0.05) is 25.1 Å². The second kappa shape index (κ2) is 7.30. The zero-order valence-corrected chi connectivity index (χ0v) is 14.9. The average Bonchev–Trinajstić information content (AvgIpc) is 3.15. The zero-order chi connectivity index (χ0) is 18.8. The smallest absolute Gasteiger partial charge is 0.250 e. The maximum absolute atomic E-state index is 14.1. The fourth-order valence-electron chi connectivity index (χ4n) is 3.39. The van der Waals surface area contributed by atoms with Crippen molar-refractivity contribution >= 4 is 17.8 Å². The van der Waals surface area contributed by atoms with Crippen molar-refractivity contribution in [2.24, 2.45) is 0 Å². The van der Waals surface area contributed by atoms with Crippen LogP contribution in [0.2, 0.25) is 0 Å². The highest BCUT2D eigenvalue weighted by atomic mass is 19.1. The van der Waals surface area contributed by atoms with E-state index in [0.29, 0.717) is 43.4 Å². The lowest BCUT2D eigenvalue weighted by Gasteiger charge is -2.31. The van der Waals surface area contributed by atoms with Gasteiger partial charge < -0.3 is 24.0 Å². The maximum Gasteiger partial charge on any atom is 0.250 e. The van der Waals surface area contributed by atoms with E-state index in [-0.39, 0.29) is 12.0 Å². The minimum absolute atomic E-state index is 0.0358. The van der Waals surface area contributed by atoms with Crippen LogP contribution in [0.3, 0.4) is 0 Å². The van der Waals surface area contributed by atoms with E-state index >= 15 is 0 Å². The number of rotatable bonds is 5. The number of halogens is 1. The Morgan fingerprint density at radius 3 is 2.96 bits per heavy atom. The molecular weight excluding hydrogens is 353 g/mol. The van der Waals surface area contributed by atoms with Crippen molar-refractivity contribution in [1.82, 2.24) is 9.88 Å². The van der Waals surface area contributed by atoms with Gasteiger partial charge in [-0.3, -0.25) is 4.79 Å². The Morgan fingerprint density at radius 1 is 1.33 bits per heavy atom. The molecule has 2 aromatic rings. The summed E-state index contributed by atoms with van der Waals surface area (Å²) in [5.41, 5.74) is 1.40. The monoisotopic (exact) mass is 373 g/mol. The molecule has 0 bridgehead atoms. The molecule has 4 rings (SSSR count). The molecule has 0 saturated carbocycles. The highest BCUT2D eigenvalue weighted by molar-refractivity contribution is 5.71. The molecule has 0 radical (unpaired) electrons. The molecule has 1 fully saturated rings. The van der Waals surface area contributed by atoms with E-state index in [1.807, 2.05) is 23.1 Å². The molecule has 1 saturated heterocycles.